The lowest BCUT2D eigenvalue weighted by Crippen LogP contribution is -1.95. The normalized spacial score (nSPS) is 12.0. The fourth-order valence-electron chi connectivity index (χ4n) is 1.70. The van der Waals surface area contributed by atoms with Crippen LogP contribution in [0.25, 0.3) is 0 Å². The van der Waals surface area contributed by atoms with Crippen molar-refractivity contribution in [1.82, 2.24) is 0 Å². The van der Waals surface area contributed by atoms with Crippen molar-refractivity contribution in [2.75, 3.05) is 6.61 Å². The third kappa shape index (κ3) is 3.50. The highest BCUT2D eigenvalue weighted by Gasteiger charge is 2.23. The zero-order valence-electron chi connectivity index (χ0n) is 11.6. The molecule has 0 aliphatic rings. The van der Waals surface area contributed by atoms with E-state index in [1.165, 1.54) is 6.07 Å². The van der Waals surface area contributed by atoms with E-state index in [4.69, 9.17) is 9.47 Å². The van der Waals surface area contributed by atoms with Gasteiger partial charge in [0.05, 0.1) is 17.6 Å². The number of rotatable bonds is 6. The van der Waals surface area contributed by atoms with Crippen LogP contribution >= 0.6 is 11.3 Å². The summed E-state index contributed by atoms with van der Waals surface area (Å²) in [7, 11) is 0. The fraction of sp³-hybridized carbons (Fsp3) is 0.286. The van der Waals surface area contributed by atoms with E-state index in [0.717, 1.165) is 11.3 Å². The van der Waals surface area contributed by atoms with Crippen LogP contribution < -0.4 is 9.47 Å². The topological polar surface area (TPSA) is 81.8 Å². The first kappa shape index (κ1) is 15.3. The first-order chi connectivity index (χ1) is 10.0. The van der Waals surface area contributed by atoms with Crippen LogP contribution in [0, 0.1) is 10.1 Å². The van der Waals surface area contributed by atoms with Crippen LogP contribution in [0.3, 0.4) is 0 Å². The van der Waals surface area contributed by atoms with Gasteiger partial charge in [0.15, 0.2) is 11.5 Å². The lowest BCUT2D eigenvalue weighted by Gasteiger charge is -2.09. The summed E-state index contributed by atoms with van der Waals surface area (Å²) in [6, 6.07) is 8.28. The van der Waals surface area contributed by atoms with Gasteiger partial charge in [0.2, 0.25) is 0 Å². The molecule has 0 fully saturated rings. The predicted octanol–water partition coefficient (Wildman–Crippen LogP) is 3.90. The maximum Gasteiger partial charge on any atom is 0.323 e. The Morgan fingerprint density at radius 3 is 2.62 bits per heavy atom. The third-order valence-corrected chi connectivity index (χ3v) is 3.83. The molecule has 21 heavy (non-hydrogen) atoms. The second-order valence-electron chi connectivity index (χ2n) is 4.24. The summed E-state index contributed by atoms with van der Waals surface area (Å²) in [6.45, 7) is 3.86. The van der Waals surface area contributed by atoms with E-state index in [2.05, 4.69) is 0 Å². The number of hydrogen-bond acceptors (Lipinski definition) is 6. The van der Waals surface area contributed by atoms with E-state index in [9.17, 15) is 15.2 Å². The van der Waals surface area contributed by atoms with E-state index < -0.39 is 11.0 Å². The number of nitrogens with zero attached hydrogens (tertiary/aromatic N) is 1. The van der Waals surface area contributed by atoms with Gasteiger partial charge in [-0.05, 0) is 26.0 Å². The number of hydrogen-bond donors (Lipinski definition) is 1. The highest BCUT2D eigenvalue weighted by Crippen LogP contribution is 2.43. The molecule has 0 spiro atoms. The summed E-state index contributed by atoms with van der Waals surface area (Å²) in [5, 5.41) is 20.8. The summed E-state index contributed by atoms with van der Waals surface area (Å²) < 4.78 is 11.1. The van der Waals surface area contributed by atoms with Crippen molar-refractivity contribution in [1.29, 1.82) is 0 Å². The van der Waals surface area contributed by atoms with Crippen LogP contribution in [0.2, 0.25) is 0 Å². The minimum atomic E-state index is -0.784. The van der Waals surface area contributed by atoms with Gasteiger partial charge in [-0.1, -0.05) is 23.5 Å². The Balaban J connectivity index is 2.37. The van der Waals surface area contributed by atoms with Gasteiger partial charge in [0.25, 0.3) is 5.06 Å². The third-order valence-electron chi connectivity index (χ3n) is 2.66. The van der Waals surface area contributed by atoms with Crippen molar-refractivity contribution in [3.8, 4) is 16.6 Å². The van der Waals surface area contributed by atoms with E-state index in [1.54, 1.807) is 31.2 Å². The fourth-order valence-corrected chi connectivity index (χ4v) is 2.62. The summed E-state index contributed by atoms with van der Waals surface area (Å²) in [5.74, 6) is 0.919. The second kappa shape index (κ2) is 6.55. The average Bonchev–Trinajstić information content (AvgIpc) is 2.85. The molecule has 6 nitrogen and oxygen atoms in total. The molecule has 0 radical (unpaired) electrons. The standard InChI is InChI=1S/C14H15NO5S/c1-3-19-11-6-4-5-7-12(11)20-14-10(15(17)18)8-13(21-14)9(2)16/h4-9,16H,3H2,1-2H3/t9-/m1/s1. The van der Waals surface area contributed by atoms with Crippen molar-refractivity contribution in [3.63, 3.8) is 0 Å². The first-order valence-corrected chi connectivity index (χ1v) is 7.20. The van der Waals surface area contributed by atoms with Gasteiger partial charge in [0, 0.05) is 10.9 Å². The Bertz CT molecular complexity index is 638. The van der Waals surface area contributed by atoms with Crippen LogP contribution in [0.5, 0.6) is 16.6 Å². The molecular weight excluding hydrogens is 294 g/mol. The second-order valence-corrected chi connectivity index (χ2v) is 5.28. The molecule has 0 aliphatic carbocycles. The number of benzene rings is 1. The van der Waals surface area contributed by atoms with Crippen LogP contribution in [0.4, 0.5) is 5.69 Å². The van der Waals surface area contributed by atoms with E-state index >= 15 is 0 Å². The largest absolute Gasteiger partial charge is 0.490 e. The SMILES string of the molecule is CCOc1ccccc1Oc1sc([C@@H](C)O)cc1[N+](=O)[O-]. The molecular formula is C14H15NO5S. The highest BCUT2D eigenvalue weighted by molar-refractivity contribution is 7.14. The summed E-state index contributed by atoms with van der Waals surface area (Å²) in [4.78, 5) is 11.0. The van der Waals surface area contributed by atoms with Crippen LogP contribution in [0.1, 0.15) is 24.8 Å². The average molecular weight is 309 g/mol. The lowest BCUT2D eigenvalue weighted by atomic mass is 10.3. The number of para-hydroxylation sites is 2. The van der Waals surface area contributed by atoms with Gasteiger partial charge in [0.1, 0.15) is 0 Å². The minimum absolute atomic E-state index is 0.128. The molecule has 0 bridgehead atoms. The van der Waals surface area contributed by atoms with Gasteiger partial charge < -0.3 is 14.6 Å². The maximum absolute atomic E-state index is 11.1. The molecule has 1 heterocycles. The minimum Gasteiger partial charge on any atom is -0.490 e. The Labute approximate surface area is 125 Å². The first-order valence-electron chi connectivity index (χ1n) is 6.38. The van der Waals surface area contributed by atoms with Crippen LogP contribution in [-0.2, 0) is 0 Å². The maximum atomic E-state index is 11.1. The lowest BCUT2D eigenvalue weighted by molar-refractivity contribution is -0.385. The molecule has 112 valence electrons. The molecule has 1 aromatic carbocycles. The van der Waals surface area contributed by atoms with Crippen molar-refractivity contribution in [2.24, 2.45) is 0 Å². The van der Waals surface area contributed by atoms with Crippen molar-refractivity contribution < 1.29 is 19.5 Å². The van der Waals surface area contributed by atoms with Crippen molar-refractivity contribution in [2.45, 2.75) is 20.0 Å². The predicted molar refractivity (Wildman–Crippen MR) is 79.3 cm³/mol. The zero-order valence-corrected chi connectivity index (χ0v) is 12.4. The Morgan fingerprint density at radius 2 is 2.05 bits per heavy atom. The molecule has 0 aliphatic heterocycles. The summed E-state index contributed by atoms with van der Waals surface area (Å²) >= 11 is 1.05. The van der Waals surface area contributed by atoms with E-state index in [0.29, 0.717) is 23.0 Å². The number of nitro groups is 1. The van der Waals surface area contributed by atoms with Gasteiger partial charge in [-0.15, -0.1) is 0 Å². The molecule has 1 aromatic heterocycles. The monoisotopic (exact) mass is 309 g/mol. The Morgan fingerprint density at radius 1 is 1.38 bits per heavy atom. The molecule has 0 amide bonds. The smallest absolute Gasteiger partial charge is 0.323 e. The quantitative estimate of drug-likeness (QED) is 0.646. The zero-order chi connectivity index (χ0) is 15.4. The number of thiophene rings is 1. The summed E-state index contributed by atoms with van der Waals surface area (Å²) in [6.07, 6.45) is -0.784. The molecule has 2 aromatic rings. The van der Waals surface area contributed by atoms with E-state index in [-0.39, 0.29) is 10.8 Å². The summed E-state index contributed by atoms with van der Waals surface area (Å²) in [5.41, 5.74) is -0.165. The van der Waals surface area contributed by atoms with Crippen LogP contribution in [-0.4, -0.2) is 16.6 Å². The van der Waals surface area contributed by atoms with Gasteiger partial charge in [-0.3, -0.25) is 10.1 Å². The van der Waals surface area contributed by atoms with Crippen LogP contribution in [0.15, 0.2) is 30.3 Å². The van der Waals surface area contributed by atoms with Gasteiger partial charge in [-0.2, -0.15) is 0 Å². The molecule has 0 unspecified atom stereocenters. The molecule has 0 saturated carbocycles. The Kier molecular flexibility index (Phi) is 4.77. The molecule has 7 heteroatoms. The number of aliphatic hydroxyl groups is 1. The van der Waals surface area contributed by atoms with Crippen molar-refractivity contribution >= 4 is 17.0 Å². The molecule has 2 rings (SSSR count). The number of ether oxygens (including phenoxy) is 2. The van der Waals surface area contributed by atoms with E-state index in [1.807, 2.05) is 6.92 Å². The van der Waals surface area contributed by atoms with Gasteiger partial charge >= 0.3 is 5.69 Å². The molecule has 1 atom stereocenters. The molecule has 1 N–H and O–H groups in total. The molecule has 0 saturated heterocycles. The number of aliphatic hydroxyl groups excluding tert-OH is 1. The highest BCUT2D eigenvalue weighted by atomic mass is 32.1. The van der Waals surface area contributed by atoms with Crippen molar-refractivity contribution in [3.05, 3.63) is 45.3 Å². The Hall–Kier alpha value is -2.12. The van der Waals surface area contributed by atoms with Gasteiger partial charge in [-0.25, -0.2) is 0 Å².